The van der Waals surface area contributed by atoms with Gasteiger partial charge in [-0.2, -0.15) is 0 Å². The molecule has 0 unspecified atom stereocenters. The van der Waals surface area contributed by atoms with Crippen molar-refractivity contribution in [3.8, 4) is 5.69 Å². The van der Waals surface area contributed by atoms with Crippen LogP contribution in [0.4, 0.5) is 10.1 Å². The summed E-state index contributed by atoms with van der Waals surface area (Å²) < 4.78 is 15.5. The van der Waals surface area contributed by atoms with E-state index in [-0.39, 0.29) is 17.5 Å². The lowest BCUT2D eigenvalue weighted by molar-refractivity contribution is -0.114. The van der Waals surface area contributed by atoms with Crippen LogP contribution in [0.15, 0.2) is 59.5 Å². The number of Topliss-reactive ketones (excluding diaryl/α,β-unsaturated/α-hetero) is 1. The molecule has 3 rings (SSSR count). The van der Waals surface area contributed by atoms with Crippen molar-refractivity contribution >= 4 is 29.1 Å². The number of nitrogens with zero attached hydrogens (tertiary/aromatic N) is 1. The molecule has 1 aromatic heterocycles. The van der Waals surface area contributed by atoms with Crippen molar-refractivity contribution in [3.63, 3.8) is 0 Å². The smallest absolute Gasteiger partial charge is 0.221 e. The molecule has 0 fully saturated rings. The molecule has 2 aromatic carbocycles. The molecule has 4 nitrogen and oxygen atoms in total. The Morgan fingerprint density at radius 3 is 2.43 bits per heavy atom. The minimum absolute atomic E-state index is 0.0201. The van der Waals surface area contributed by atoms with E-state index in [1.54, 1.807) is 6.07 Å². The zero-order valence-corrected chi connectivity index (χ0v) is 16.8. The maximum atomic E-state index is 13.6. The van der Waals surface area contributed by atoms with Crippen LogP contribution in [0.25, 0.3) is 5.69 Å². The highest BCUT2D eigenvalue weighted by Gasteiger charge is 2.17. The lowest BCUT2D eigenvalue weighted by Gasteiger charge is -2.10. The number of rotatable bonds is 6. The molecule has 0 aliphatic heterocycles. The normalized spacial score (nSPS) is 10.7. The van der Waals surface area contributed by atoms with Crippen LogP contribution < -0.4 is 5.32 Å². The number of hydrogen-bond acceptors (Lipinski definition) is 3. The number of amides is 1. The third-order valence-corrected chi connectivity index (χ3v) is 5.35. The number of aromatic nitrogens is 1. The molecule has 0 aliphatic carbocycles. The molecule has 1 amide bonds. The number of aryl methyl sites for hydroxylation is 1. The second-order valence-corrected chi connectivity index (χ2v) is 7.57. The maximum Gasteiger partial charge on any atom is 0.221 e. The highest BCUT2D eigenvalue weighted by Crippen LogP contribution is 2.25. The number of carbonyl (C=O) groups is 2. The third kappa shape index (κ3) is 4.51. The molecule has 0 atom stereocenters. The summed E-state index contributed by atoms with van der Waals surface area (Å²) in [5, 5.41) is 2.71. The number of hydrogen-bond donors (Lipinski definition) is 1. The van der Waals surface area contributed by atoms with Gasteiger partial charge in [0.2, 0.25) is 5.91 Å². The fourth-order valence-electron chi connectivity index (χ4n) is 3.12. The molecular weight excluding hydrogens is 375 g/mol. The SMILES string of the molecule is CC(=O)Nc1ccc(SCC(=O)c2cc(C)n(-c3cccc(F)c3)c2C)cc1. The van der Waals surface area contributed by atoms with Gasteiger partial charge in [-0.05, 0) is 62.4 Å². The minimum Gasteiger partial charge on any atom is -0.326 e. The number of halogens is 1. The molecule has 144 valence electrons. The summed E-state index contributed by atoms with van der Waals surface area (Å²) in [5.74, 6) is -0.112. The van der Waals surface area contributed by atoms with Crippen LogP contribution in [0.5, 0.6) is 0 Å². The van der Waals surface area contributed by atoms with E-state index >= 15 is 0 Å². The van der Waals surface area contributed by atoms with Gasteiger partial charge in [0.1, 0.15) is 5.82 Å². The Kier molecular flexibility index (Phi) is 5.99. The Balaban J connectivity index is 1.73. The number of nitrogens with one attached hydrogen (secondary N) is 1. The molecule has 0 saturated heterocycles. The van der Waals surface area contributed by atoms with Crippen LogP contribution in [-0.2, 0) is 4.79 Å². The first kappa shape index (κ1) is 19.9. The first-order valence-electron chi connectivity index (χ1n) is 8.83. The van der Waals surface area contributed by atoms with Crippen LogP contribution in [0, 0.1) is 19.7 Å². The van der Waals surface area contributed by atoms with Gasteiger partial charge in [0.05, 0.1) is 5.75 Å². The van der Waals surface area contributed by atoms with E-state index < -0.39 is 0 Å². The Hall–Kier alpha value is -2.86. The van der Waals surface area contributed by atoms with Crippen LogP contribution in [0.2, 0.25) is 0 Å². The minimum atomic E-state index is -0.309. The van der Waals surface area contributed by atoms with Gasteiger partial charge in [0.25, 0.3) is 0 Å². The van der Waals surface area contributed by atoms with E-state index in [9.17, 15) is 14.0 Å². The molecule has 0 bridgehead atoms. The molecule has 0 aliphatic rings. The van der Waals surface area contributed by atoms with Crippen molar-refractivity contribution in [1.82, 2.24) is 4.57 Å². The van der Waals surface area contributed by atoms with E-state index in [1.807, 2.05) is 54.8 Å². The third-order valence-electron chi connectivity index (χ3n) is 4.34. The van der Waals surface area contributed by atoms with Crippen molar-refractivity contribution in [2.45, 2.75) is 25.7 Å². The predicted molar refractivity (Wildman–Crippen MR) is 111 cm³/mol. The largest absolute Gasteiger partial charge is 0.326 e. The summed E-state index contributed by atoms with van der Waals surface area (Å²) in [5.41, 5.74) is 3.76. The molecule has 0 saturated carbocycles. The topological polar surface area (TPSA) is 51.1 Å². The molecular formula is C22H21FN2O2S. The van der Waals surface area contributed by atoms with E-state index in [4.69, 9.17) is 0 Å². The molecule has 1 N–H and O–H groups in total. The second kappa shape index (κ2) is 8.44. The van der Waals surface area contributed by atoms with Crippen LogP contribution >= 0.6 is 11.8 Å². The number of thioether (sulfide) groups is 1. The monoisotopic (exact) mass is 396 g/mol. The fourth-order valence-corrected chi connectivity index (χ4v) is 3.90. The van der Waals surface area contributed by atoms with Gasteiger partial charge in [-0.3, -0.25) is 9.59 Å². The van der Waals surface area contributed by atoms with E-state index in [0.29, 0.717) is 17.0 Å². The number of benzene rings is 2. The van der Waals surface area contributed by atoms with Crippen molar-refractivity contribution < 1.29 is 14.0 Å². The molecule has 28 heavy (non-hydrogen) atoms. The molecule has 3 aromatic rings. The van der Waals surface area contributed by atoms with Crippen molar-refractivity contribution in [3.05, 3.63) is 77.4 Å². The lowest BCUT2D eigenvalue weighted by atomic mass is 10.2. The van der Waals surface area contributed by atoms with E-state index in [0.717, 1.165) is 22.0 Å². The number of carbonyl (C=O) groups excluding carboxylic acids is 2. The molecule has 0 spiro atoms. The van der Waals surface area contributed by atoms with Gasteiger partial charge in [-0.15, -0.1) is 11.8 Å². The van der Waals surface area contributed by atoms with Gasteiger partial charge < -0.3 is 9.88 Å². The molecule has 6 heteroatoms. The van der Waals surface area contributed by atoms with E-state index in [2.05, 4.69) is 5.32 Å². The number of ketones is 1. The highest BCUT2D eigenvalue weighted by atomic mass is 32.2. The zero-order valence-electron chi connectivity index (χ0n) is 16.0. The second-order valence-electron chi connectivity index (χ2n) is 6.52. The summed E-state index contributed by atoms with van der Waals surface area (Å²) in [6.45, 7) is 5.24. The lowest BCUT2D eigenvalue weighted by Crippen LogP contribution is -2.06. The Morgan fingerprint density at radius 1 is 1.07 bits per heavy atom. The van der Waals surface area contributed by atoms with Crippen LogP contribution in [-0.4, -0.2) is 22.0 Å². The summed E-state index contributed by atoms with van der Waals surface area (Å²) in [6, 6.07) is 15.6. The Bertz CT molecular complexity index is 1030. The first-order chi connectivity index (χ1) is 13.3. The first-order valence-corrected chi connectivity index (χ1v) is 9.82. The van der Waals surface area contributed by atoms with Crippen LogP contribution in [0.3, 0.4) is 0 Å². The summed E-state index contributed by atoms with van der Waals surface area (Å²) in [6.07, 6.45) is 0. The standard InChI is InChI=1S/C22H21FN2O2S/c1-14-11-21(15(2)25(14)19-6-4-5-17(23)12-19)22(27)13-28-20-9-7-18(8-10-20)24-16(3)26/h4-12H,13H2,1-3H3,(H,24,26). The van der Waals surface area contributed by atoms with E-state index in [1.165, 1.54) is 30.8 Å². The van der Waals surface area contributed by atoms with Gasteiger partial charge >= 0.3 is 0 Å². The average Bonchev–Trinajstić information content (AvgIpc) is 2.95. The fraction of sp³-hybridized carbons (Fsp3) is 0.182. The number of anilines is 1. The molecule has 1 heterocycles. The average molecular weight is 396 g/mol. The van der Waals surface area contributed by atoms with Gasteiger partial charge in [-0.25, -0.2) is 4.39 Å². The Morgan fingerprint density at radius 2 is 1.79 bits per heavy atom. The Labute approximate surface area is 167 Å². The van der Waals surface area contributed by atoms with Crippen molar-refractivity contribution in [1.29, 1.82) is 0 Å². The van der Waals surface area contributed by atoms with Crippen LogP contribution in [0.1, 0.15) is 28.7 Å². The summed E-state index contributed by atoms with van der Waals surface area (Å²) in [7, 11) is 0. The zero-order chi connectivity index (χ0) is 20.3. The maximum absolute atomic E-state index is 13.6. The van der Waals surface area contributed by atoms with Gasteiger partial charge in [0.15, 0.2) is 5.78 Å². The molecule has 0 radical (unpaired) electrons. The summed E-state index contributed by atoms with van der Waals surface area (Å²) >= 11 is 1.44. The van der Waals surface area contributed by atoms with Gasteiger partial charge in [-0.1, -0.05) is 6.07 Å². The quantitative estimate of drug-likeness (QED) is 0.462. The van der Waals surface area contributed by atoms with Crippen molar-refractivity contribution in [2.24, 2.45) is 0 Å². The van der Waals surface area contributed by atoms with Gasteiger partial charge in [0, 0.05) is 40.1 Å². The van der Waals surface area contributed by atoms with Crippen molar-refractivity contribution in [2.75, 3.05) is 11.1 Å². The highest BCUT2D eigenvalue weighted by molar-refractivity contribution is 8.00. The predicted octanol–water partition coefficient (Wildman–Crippen LogP) is 5.17. The summed E-state index contributed by atoms with van der Waals surface area (Å²) in [4.78, 5) is 24.8.